The number of rotatable bonds is 4. The number of hydrogen-bond acceptors (Lipinski definition) is 4. The number of para-hydroxylation sites is 2. The Bertz CT molecular complexity index is 3840. The average Bonchev–Trinajstić information content (AvgIpc) is 3.69. The van der Waals surface area contributed by atoms with E-state index in [0.717, 1.165) is 60.5 Å². The van der Waals surface area contributed by atoms with E-state index in [4.69, 9.17) is 19.4 Å². The van der Waals surface area contributed by atoms with Gasteiger partial charge in [-0.25, -0.2) is 15.0 Å². The molecule has 0 aliphatic rings. The molecule has 11 aromatic carbocycles. The van der Waals surface area contributed by atoms with E-state index in [1.165, 1.54) is 53.9 Å². The Hall–Kier alpha value is -7.95. The zero-order valence-electron chi connectivity index (χ0n) is 31.6. The molecule has 0 saturated carbocycles. The molecule has 4 nitrogen and oxygen atoms in total. The third-order valence-electron chi connectivity index (χ3n) is 12.2. The third-order valence-corrected chi connectivity index (χ3v) is 12.2. The summed E-state index contributed by atoms with van der Waals surface area (Å²) in [4.78, 5) is 15.9. The van der Waals surface area contributed by atoms with Gasteiger partial charge in [0.05, 0.1) is 5.56 Å². The largest absolute Gasteiger partial charge is 0.455 e. The zero-order chi connectivity index (χ0) is 38.6. The molecular weight excluding hydrogens is 719 g/mol. The summed E-state index contributed by atoms with van der Waals surface area (Å²) in [6.07, 6.45) is 0. The Balaban J connectivity index is 1.14. The summed E-state index contributed by atoms with van der Waals surface area (Å²) in [5, 5.41) is 16.8. The van der Waals surface area contributed by atoms with Gasteiger partial charge in [-0.3, -0.25) is 0 Å². The number of furan rings is 1. The fourth-order valence-corrected chi connectivity index (χ4v) is 9.56. The van der Waals surface area contributed by atoms with Crippen molar-refractivity contribution in [2.75, 3.05) is 0 Å². The molecule has 272 valence electrons. The number of nitrogens with zero attached hydrogens (tertiary/aromatic N) is 3. The maximum absolute atomic E-state index is 6.56. The summed E-state index contributed by atoms with van der Waals surface area (Å²) in [7, 11) is 0. The van der Waals surface area contributed by atoms with Gasteiger partial charge in [0.1, 0.15) is 11.2 Å². The van der Waals surface area contributed by atoms with Crippen LogP contribution in [-0.2, 0) is 0 Å². The van der Waals surface area contributed by atoms with Crippen molar-refractivity contribution in [1.82, 2.24) is 15.0 Å². The topological polar surface area (TPSA) is 51.8 Å². The van der Waals surface area contributed by atoms with Crippen LogP contribution in [0.5, 0.6) is 0 Å². The van der Waals surface area contributed by atoms with Crippen LogP contribution in [0, 0.1) is 0 Å². The minimum atomic E-state index is 0.559. The lowest BCUT2D eigenvalue weighted by Gasteiger charge is -2.17. The van der Waals surface area contributed by atoms with E-state index in [1.54, 1.807) is 0 Å². The molecule has 0 atom stereocenters. The Morgan fingerprint density at radius 2 is 0.797 bits per heavy atom. The van der Waals surface area contributed by atoms with Crippen molar-refractivity contribution in [3.63, 3.8) is 0 Å². The fourth-order valence-electron chi connectivity index (χ4n) is 9.56. The third kappa shape index (κ3) is 4.81. The highest BCUT2D eigenvalue weighted by Gasteiger charge is 2.21. The molecule has 0 radical (unpaired) electrons. The minimum Gasteiger partial charge on any atom is -0.455 e. The summed E-state index contributed by atoms with van der Waals surface area (Å²) < 4.78 is 6.56. The summed E-state index contributed by atoms with van der Waals surface area (Å²) >= 11 is 0. The van der Waals surface area contributed by atoms with Crippen LogP contribution in [0.25, 0.3) is 132 Å². The first-order chi connectivity index (χ1) is 29.2. The van der Waals surface area contributed by atoms with Gasteiger partial charge in [0.2, 0.25) is 0 Å². The average molecular weight is 750 g/mol. The van der Waals surface area contributed by atoms with Gasteiger partial charge >= 0.3 is 0 Å². The molecule has 59 heavy (non-hydrogen) atoms. The van der Waals surface area contributed by atoms with E-state index in [2.05, 4.69) is 164 Å². The van der Waals surface area contributed by atoms with Gasteiger partial charge in [0.25, 0.3) is 0 Å². The predicted molar refractivity (Wildman–Crippen MR) is 245 cm³/mol. The molecule has 13 aromatic rings. The lowest BCUT2D eigenvalue weighted by atomic mass is 9.87. The molecule has 0 spiro atoms. The molecule has 0 fully saturated rings. The van der Waals surface area contributed by atoms with E-state index in [-0.39, 0.29) is 0 Å². The molecule has 0 aliphatic heterocycles. The van der Waals surface area contributed by atoms with Gasteiger partial charge < -0.3 is 4.42 Å². The second kappa shape index (κ2) is 12.3. The highest BCUT2D eigenvalue weighted by molar-refractivity contribution is 6.37. The van der Waals surface area contributed by atoms with Crippen LogP contribution >= 0.6 is 0 Å². The van der Waals surface area contributed by atoms with Crippen LogP contribution in [0.4, 0.5) is 0 Å². The van der Waals surface area contributed by atoms with E-state index >= 15 is 0 Å². The van der Waals surface area contributed by atoms with Crippen LogP contribution in [0.3, 0.4) is 0 Å². The summed E-state index contributed by atoms with van der Waals surface area (Å²) in [5.41, 5.74) is 6.47. The Morgan fingerprint density at radius 3 is 1.53 bits per heavy atom. The lowest BCUT2D eigenvalue weighted by molar-refractivity contribution is 0.669. The van der Waals surface area contributed by atoms with Crippen LogP contribution in [-0.4, -0.2) is 15.0 Å². The van der Waals surface area contributed by atoms with Crippen LogP contribution < -0.4 is 0 Å². The molecule has 2 aromatic heterocycles. The highest BCUT2D eigenvalue weighted by Crippen LogP contribution is 2.45. The highest BCUT2D eigenvalue weighted by atomic mass is 16.3. The molecule has 0 bridgehead atoms. The molecule has 13 rings (SSSR count). The van der Waals surface area contributed by atoms with Crippen molar-refractivity contribution >= 4 is 86.6 Å². The number of benzene rings is 10. The molecular formula is C55H31N3O. The summed E-state index contributed by atoms with van der Waals surface area (Å²) in [6.45, 7) is 0. The first-order valence-corrected chi connectivity index (χ1v) is 20.0. The second-order valence-electron chi connectivity index (χ2n) is 15.5. The molecule has 0 aliphatic carbocycles. The van der Waals surface area contributed by atoms with Crippen LogP contribution in [0.1, 0.15) is 0 Å². The van der Waals surface area contributed by atoms with Crippen molar-refractivity contribution in [2.24, 2.45) is 0 Å². The number of aromatic nitrogens is 3. The van der Waals surface area contributed by atoms with Crippen LogP contribution in [0.15, 0.2) is 192 Å². The molecule has 0 N–H and O–H groups in total. The number of hydrogen-bond donors (Lipinski definition) is 0. The molecule has 2 heterocycles. The van der Waals surface area contributed by atoms with Gasteiger partial charge in [0.15, 0.2) is 17.5 Å². The van der Waals surface area contributed by atoms with Gasteiger partial charge in [-0.2, -0.15) is 0 Å². The monoisotopic (exact) mass is 749 g/mol. The van der Waals surface area contributed by atoms with Gasteiger partial charge in [-0.15, -0.1) is 0 Å². The second-order valence-corrected chi connectivity index (χ2v) is 15.5. The minimum absolute atomic E-state index is 0.559. The van der Waals surface area contributed by atoms with Crippen molar-refractivity contribution in [3.05, 3.63) is 188 Å². The fraction of sp³-hybridized carbons (Fsp3) is 0. The Labute approximate surface area is 338 Å². The Morgan fingerprint density at radius 1 is 0.288 bits per heavy atom. The molecule has 0 saturated heterocycles. The molecule has 0 unspecified atom stereocenters. The first-order valence-electron chi connectivity index (χ1n) is 20.0. The number of fused-ring (bicyclic) bond motifs is 5. The zero-order valence-corrected chi connectivity index (χ0v) is 31.6. The van der Waals surface area contributed by atoms with Crippen LogP contribution in [0.2, 0.25) is 0 Å². The van der Waals surface area contributed by atoms with Gasteiger partial charge in [-0.05, 0) is 106 Å². The van der Waals surface area contributed by atoms with E-state index in [0.29, 0.717) is 17.5 Å². The summed E-state index contributed by atoms with van der Waals surface area (Å²) in [5.74, 6) is 1.76. The quantitative estimate of drug-likeness (QED) is 0.168. The SMILES string of the molecule is c1ccc(-c2cccc(-c3nc(-c4cc5ccc6cccc7c8cccc9ccc%10cccc(c(c4)c5c67)c%10c98)nc(-c4cccc5c4oc4ccccc45)n3)c2)cc1. The van der Waals surface area contributed by atoms with Crippen molar-refractivity contribution < 1.29 is 4.42 Å². The predicted octanol–water partition coefficient (Wildman–Crippen LogP) is 14.8. The normalized spacial score (nSPS) is 12.1. The maximum atomic E-state index is 6.56. The Kier molecular flexibility index (Phi) is 6.69. The first kappa shape index (κ1) is 32.2. The maximum Gasteiger partial charge on any atom is 0.167 e. The van der Waals surface area contributed by atoms with E-state index in [1.807, 2.05) is 24.3 Å². The molecule has 0 amide bonds. The lowest BCUT2D eigenvalue weighted by Crippen LogP contribution is -2.01. The molecule has 4 heteroatoms. The van der Waals surface area contributed by atoms with Crippen molar-refractivity contribution in [1.29, 1.82) is 0 Å². The summed E-state index contributed by atoms with van der Waals surface area (Å²) in [6, 6.07) is 67.0. The van der Waals surface area contributed by atoms with E-state index < -0.39 is 0 Å². The van der Waals surface area contributed by atoms with Gasteiger partial charge in [0, 0.05) is 21.9 Å². The van der Waals surface area contributed by atoms with Crippen molar-refractivity contribution in [2.45, 2.75) is 0 Å². The smallest absolute Gasteiger partial charge is 0.167 e. The van der Waals surface area contributed by atoms with Gasteiger partial charge in [-0.1, -0.05) is 158 Å². The van der Waals surface area contributed by atoms with E-state index in [9.17, 15) is 0 Å². The standard InChI is InChI=1S/C55H31N3O/c1-2-11-32(12-3-1)36-16-6-17-38(29-36)53-56-54(58-55(57-53)45-23-10-22-44-40-18-4-5-24-47(40)59-52(44)45)39-30-37-28-27-35-14-8-20-42-41-19-7-13-33-25-26-34-15-9-21-43(50(34)48(33)41)46(31-39)51(37)49(35)42/h1-31H. The van der Waals surface area contributed by atoms with Crippen molar-refractivity contribution in [3.8, 4) is 45.3 Å².